The number of nitrogens with zero attached hydrogens (tertiary/aromatic N) is 5. The van der Waals surface area contributed by atoms with Gasteiger partial charge >= 0.3 is 0 Å². The van der Waals surface area contributed by atoms with Crippen molar-refractivity contribution < 1.29 is 4.79 Å². The SMILES string of the molecule is Cc1ccccc1Cc1nc2cccnc2n1C1CCN(C(=O)c2cn[nH]c2)CC1. The van der Waals surface area contributed by atoms with Crippen LogP contribution in [-0.2, 0) is 6.42 Å². The number of rotatable bonds is 4. The van der Waals surface area contributed by atoms with Crippen LogP contribution in [0.4, 0.5) is 0 Å². The first-order valence-corrected chi connectivity index (χ1v) is 10.3. The van der Waals surface area contributed by atoms with Crippen molar-refractivity contribution in [3.05, 3.63) is 77.5 Å². The number of benzene rings is 1. The number of nitrogens with one attached hydrogen (secondary N) is 1. The van der Waals surface area contributed by atoms with Gasteiger partial charge in [-0.25, -0.2) is 9.97 Å². The summed E-state index contributed by atoms with van der Waals surface area (Å²) < 4.78 is 2.31. The molecule has 1 amide bonds. The van der Waals surface area contributed by atoms with Crippen molar-refractivity contribution in [2.45, 2.75) is 32.2 Å². The van der Waals surface area contributed by atoms with E-state index in [1.54, 1.807) is 12.4 Å². The second kappa shape index (κ2) is 7.74. The number of likely N-dealkylation sites (tertiary alicyclic amines) is 1. The van der Waals surface area contributed by atoms with E-state index in [-0.39, 0.29) is 11.9 Å². The largest absolute Gasteiger partial charge is 0.338 e. The Morgan fingerprint density at radius 3 is 2.77 bits per heavy atom. The average molecular weight is 400 g/mol. The molecule has 1 fully saturated rings. The van der Waals surface area contributed by atoms with Crippen molar-refractivity contribution in [3.8, 4) is 0 Å². The summed E-state index contributed by atoms with van der Waals surface area (Å²) >= 11 is 0. The maximum Gasteiger partial charge on any atom is 0.257 e. The summed E-state index contributed by atoms with van der Waals surface area (Å²) in [7, 11) is 0. The van der Waals surface area contributed by atoms with Crippen molar-refractivity contribution in [2.75, 3.05) is 13.1 Å². The Morgan fingerprint density at radius 1 is 1.17 bits per heavy atom. The van der Waals surface area contributed by atoms with Gasteiger partial charge in [-0.1, -0.05) is 24.3 Å². The molecule has 1 aromatic carbocycles. The van der Waals surface area contributed by atoms with Crippen LogP contribution in [0.2, 0.25) is 0 Å². The summed E-state index contributed by atoms with van der Waals surface area (Å²) in [6, 6.07) is 12.7. The molecule has 7 nitrogen and oxygen atoms in total. The molecule has 1 aliphatic rings. The van der Waals surface area contributed by atoms with Crippen LogP contribution in [0.25, 0.3) is 11.2 Å². The minimum absolute atomic E-state index is 0.0379. The highest BCUT2D eigenvalue weighted by Gasteiger charge is 2.28. The number of carbonyl (C=O) groups is 1. The topological polar surface area (TPSA) is 79.7 Å². The zero-order chi connectivity index (χ0) is 20.5. The maximum absolute atomic E-state index is 12.6. The molecule has 7 heteroatoms. The van der Waals surface area contributed by atoms with E-state index in [4.69, 9.17) is 4.98 Å². The highest BCUT2D eigenvalue weighted by atomic mass is 16.2. The molecule has 1 aliphatic heterocycles. The first-order valence-electron chi connectivity index (χ1n) is 10.3. The number of aromatic amines is 1. The van der Waals surface area contributed by atoms with Gasteiger partial charge in [0.2, 0.25) is 0 Å². The molecule has 0 aliphatic carbocycles. The second-order valence-electron chi connectivity index (χ2n) is 7.86. The summed E-state index contributed by atoms with van der Waals surface area (Å²) in [5, 5.41) is 6.61. The number of H-pyrrole nitrogens is 1. The van der Waals surface area contributed by atoms with E-state index in [1.807, 2.05) is 23.2 Å². The Bertz CT molecular complexity index is 1170. The summed E-state index contributed by atoms with van der Waals surface area (Å²) in [5.74, 6) is 1.08. The summed E-state index contributed by atoms with van der Waals surface area (Å²) in [6.07, 6.45) is 7.61. The molecule has 0 spiro atoms. The number of aromatic nitrogens is 5. The van der Waals surface area contributed by atoms with Gasteiger partial charge in [0, 0.05) is 37.9 Å². The molecule has 4 aromatic rings. The Labute approximate surface area is 174 Å². The van der Waals surface area contributed by atoms with Crippen molar-refractivity contribution >= 4 is 17.1 Å². The van der Waals surface area contributed by atoms with E-state index in [9.17, 15) is 4.79 Å². The lowest BCUT2D eigenvalue weighted by Crippen LogP contribution is -2.39. The number of imidazole rings is 1. The predicted octanol–water partition coefficient (Wildman–Crippen LogP) is 3.53. The zero-order valence-corrected chi connectivity index (χ0v) is 17.0. The van der Waals surface area contributed by atoms with Gasteiger partial charge in [0.15, 0.2) is 5.65 Å². The van der Waals surface area contributed by atoms with Gasteiger partial charge in [-0.3, -0.25) is 9.89 Å². The molecular weight excluding hydrogens is 376 g/mol. The molecule has 30 heavy (non-hydrogen) atoms. The minimum Gasteiger partial charge on any atom is -0.338 e. The van der Waals surface area contributed by atoms with Crippen molar-refractivity contribution in [3.63, 3.8) is 0 Å². The van der Waals surface area contributed by atoms with Crippen molar-refractivity contribution in [2.24, 2.45) is 0 Å². The third-order valence-corrected chi connectivity index (χ3v) is 5.99. The Morgan fingerprint density at radius 2 is 2.00 bits per heavy atom. The number of hydrogen-bond donors (Lipinski definition) is 1. The molecule has 5 rings (SSSR count). The van der Waals surface area contributed by atoms with Crippen molar-refractivity contribution in [1.29, 1.82) is 0 Å². The Hall–Kier alpha value is -3.48. The van der Waals surface area contributed by atoms with Gasteiger partial charge in [-0.15, -0.1) is 0 Å². The predicted molar refractivity (Wildman–Crippen MR) is 114 cm³/mol. The quantitative estimate of drug-likeness (QED) is 0.568. The molecule has 0 radical (unpaired) electrons. The zero-order valence-electron chi connectivity index (χ0n) is 17.0. The minimum atomic E-state index is 0.0379. The molecule has 0 unspecified atom stereocenters. The van der Waals surface area contributed by atoms with Gasteiger partial charge in [-0.2, -0.15) is 5.10 Å². The highest BCUT2D eigenvalue weighted by Crippen LogP contribution is 2.30. The second-order valence-corrected chi connectivity index (χ2v) is 7.86. The van der Waals surface area contributed by atoms with Crippen LogP contribution >= 0.6 is 0 Å². The monoisotopic (exact) mass is 400 g/mol. The van der Waals surface area contributed by atoms with E-state index in [1.165, 1.54) is 11.1 Å². The number of amides is 1. The molecule has 1 N–H and O–H groups in total. The van der Waals surface area contributed by atoms with E-state index >= 15 is 0 Å². The first kappa shape index (κ1) is 18.5. The maximum atomic E-state index is 12.6. The molecule has 0 saturated carbocycles. The fraction of sp³-hybridized carbons (Fsp3) is 0.304. The van der Waals surface area contributed by atoms with Crippen LogP contribution in [0.3, 0.4) is 0 Å². The molecule has 4 heterocycles. The summed E-state index contributed by atoms with van der Waals surface area (Å²) in [4.78, 5) is 24.1. The van der Waals surface area contributed by atoms with Crippen LogP contribution in [0.15, 0.2) is 55.0 Å². The standard InChI is InChI=1S/C23H24N6O/c1-16-5-2-3-6-17(16)13-21-27-20-7-4-10-24-22(20)29(21)19-8-11-28(12-9-19)23(30)18-14-25-26-15-18/h2-7,10,14-15,19H,8-9,11-13H2,1H3,(H,25,26). The van der Waals surface area contributed by atoms with E-state index in [0.717, 1.165) is 36.3 Å². The lowest BCUT2D eigenvalue weighted by atomic mass is 10.0. The fourth-order valence-corrected chi connectivity index (χ4v) is 4.34. The summed E-state index contributed by atoms with van der Waals surface area (Å²) in [5.41, 5.74) is 5.02. The lowest BCUT2D eigenvalue weighted by molar-refractivity contribution is 0.0695. The van der Waals surface area contributed by atoms with Gasteiger partial charge in [0.05, 0.1) is 11.8 Å². The lowest BCUT2D eigenvalue weighted by Gasteiger charge is -2.33. The van der Waals surface area contributed by atoms with E-state index in [0.29, 0.717) is 18.7 Å². The van der Waals surface area contributed by atoms with Gasteiger partial charge in [-0.05, 0) is 43.0 Å². The Kier molecular flexibility index (Phi) is 4.78. The van der Waals surface area contributed by atoms with E-state index in [2.05, 4.69) is 50.9 Å². The number of aryl methyl sites for hydroxylation is 1. The van der Waals surface area contributed by atoms with Gasteiger partial charge < -0.3 is 9.47 Å². The number of pyridine rings is 1. The molecule has 0 bridgehead atoms. The number of piperidine rings is 1. The smallest absolute Gasteiger partial charge is 0.257 e. The number of fused-ring (bicyclic) bond motifs is 1. The first-order chi connectivity index (χ1) is 14.7. The molecular formula is C23H24N6O. The highest BCUT2D eigenvalue weighted by molar-refractivity contribution is 5.93. The molecule has 3 aromatic heterocycles. The summed E-state index contributed by atoms with van der Waals surface area (Å²) in [6.45, 7) is 3.57. The van der Waals surface area contributed by atoms with Gasteiger partial charge in [0.1, 0.15) is 11.3 Å². The normalized spacial score (nSPS) is 15.0. The van der Waals surface area contributed by atoms with Crippen LogP contribution in [0.5, 0.6) is 0 Å². The van der Waals surface area contributed by atoms with Gasteiger partial charge in [0.25, 0.3) is 5.91 Å². The van der Waals surface area contributed by atoms with Crippen molar-refractivity contribution in [1.82, 2.24) is 29.6 Å². The molecule has 1 saturated heterocycles. The molecule has 0 atom stereocenters. The average Bonchev–Trinajstić information content (AvgIpc) is 3.43. The van der Waals surface area contributed by atoms with E-state index < -0.39 is 0 Å². The fourth-order valence-electron chi connectivity index (χ4n) is 4.34. The van der Waals surface area contributed by atoms with Crippen LogP contribution in [0.1, 0.15) is 46.2 Å². The van der Waals surface area contributed by atoms with Crippen LogP contribution in [0, 0.1) is 6.92 Å². The van der Waals surface area contributed by atoms with Crippen LogP contribution in [-0.4, -0.2) is 48.6 Å². The third kappa shape index (κ3) is 3.36. The number of hydrogen-bond acceptors (Lipinski definition) is 4. The number of carbonyl (C=O) groups excluding carboxylic acids is 1. The molecule has 152 valence electrons. The third-order valence-electron chi connectivity index (χ3n) is 5.99. The Balaban J connectivity index is 1.43. The van der Waals surface area contributed by atoms with Crippen LogP contribution < -0.4 is 0 Å².